The van der Waals surface area contributed by atoms with E-state index in [4.69, 9.17) is 9.47 Å². The van der Waals surface area contributed by atoms with Gasteiger partial charge < -0.3 is 19.7 Å². The predicted octanol–water partition coefficient (Wildman–Crippen LogP) is 3.79. The number of anilines is 2. The first-order chi connectivity index (χ1) is 13.6. The number of carbonyl (C=O) groups is 2. The molecule has 2 aromatic carbocycles. The van der Waals surface area contributed by atoms with Gasteiger partial charge in [-0.2, -0.15) is 0 Å². The Morgan fingerprint density at radius 2 is 1.96 bits per heavy atom. The first-order valence-corrected chi connectivity index (χ1v) is 9.60. The van der Waals surface area contributed by atoms with Crippen LogP contribution in [0.15, 0.2) is 42.5 Å². The Morgan fingerprint density at radius 1 is 1.18 bits per heavy atom. The molecule has 0 atom stereocenters. The van der Waals surface area contributed by atoms with Crippen LogP contribution in [0.5, 0.6) is 11.5 Å². The number of ether oxygens (including phenoxy) is 2. The van der Waals surface area contributed by atoms with E-state index in [9.17, 15) is 9.59 Å². The predicted molar refractivity (Wildman–Crippen MR) is 109 cm³/mol. The van der Waals surface area contributed by atoms with Gasteiger partial charge in [0.15, 0.2) is 6.61 Å². The van der Waals surface area contributed by atoms with Crippen molar-refractivity contribution in [1.29, 1.82) is 0 Å². The number of hydrogen-bond acceptors (Lipinski definition) is 4. The zero-order valence-corrected chi connectivity index (χ0v) is 16.4. The van der Waals surface area contributed by atoms with Crippen LogP contribution < -0.4 is 19.7 Å². The summed E-state index contributed by atoms with van der Waals surface area (Å²) in [5, 5.41) is 2.91. The highest BCUT2D eigenvalue weighted by atomic mass is 16.5. The van der Waals surface area contributed by atoms with Gasteiger partial charge in [0.25, 0.3) is 5.91 Å². The van der Waals surface area contributed by atoms with Crippen molar-refractivity contribution >= 4 is 23.2 Å². The van der Waals surface area contributed by atoms with Crippen molar-refractivity contribution in [3.05, 3.63) is 48.0 Å². The standard InChI is InChI=1S/C22H26N2O4/c1-3-4-5-12-24-19-14-17(8-11-20(19)28-15-22(24)26)23-21(25)13-16-6-9-18(27-2)10-7-16/h6-11,14H,3-5,12-13,15H2,1-2H3,(H,23,25). The first kappa shape index (κ1) is 19.7. The number of benzene rings is 2. The van der Waals surface area contributed by atoms with Crippen LogP contribution >= 0.6 is 0 Å². The number of unbranched alkanes of at least 4 members (excludes halogenated alkanes) is 2. The number of nitrogens with one attached hydrogen (secondary N) is 1. The van der Waals surface area contributed by atoms with E-state index >= 15 is 0 Å². The van der Waals surface area contributed by atoms with E-state index in [0.29, 0.717) is 18.0 Å². The second kappa shape index (κ2) is 9.26. The van der Waals surface area contributed by atoms with Gasteiger partial charge in [0.05, 0.1) is 19.2 Å². The highest BCUT2D eigenvalue weighted by Crippen LogP contribution is 2.34. The van der Waals surface area contributed by atoms with Crippen molar-refractivity contribution in [2.75, 3.05) is 30.5 Å². The van der Waals surface area contributed by atoms with Crippen LogP contribution in [-0.4, -0.2) is 32.1 Å². The van der Waals surface area contributed by atoms with Crippen molar-refractivity contribution in [3.8, 4) is 11.5 Å². The van der Waals surface area contributed by atoms with Crippen LogP contribution in [-0.2, 0) is 16.0 Å². The van der Waals surface area contributed by atoms with Gasteiger partial charge in [0.2, 0.25) is 5.91 Å². The molecule has 0 spiro atoms. The average Bonchev–Trinajstić information content (AvgIpc) is 2.70. The fourth-order valence-corrected chi connectivity index (χ4v) is 3.18. The maximum absolute atomic E-state index is 12.4. The van der Waals surface area contributed by atoms with Crippen LogP contribution in [0.3, 0.4) is 0 Å². The zero-order valence-electron chi connectivity index (χ0n) is 16.4. The lowest BCUT2D eigenvalue weighted by Gasteiger charge is -2.30. The molecule has 0 aromatic heterocycles. The Hall–Kier alpha value is -3.02. The van der Waals surface area contributed by atoms with Crippen LogP contribution in [0.2, 0.25) is 0 Å². The van der Waals surface area contributed by atoms with Gasteiger partial charge >= 0.3 is 0 Å². The molecule has 3 rings (SSSR count). The van der Waals surface area contributed by atoms with E-state index in [1.807, 2.05) is 30.3 Å². The van der Waals surface area contributed by atoms with Gasteiger partial charge in [0.1, 0.15) is 11.5 Å². The number of amides is 2. The number of nitrogens with zero attached hydrogens (tertiary/aromatic N) is 1. The maximum Gasteiger partial charge on any atom is 0.265 e. The van der Waals surface area contributed by atoms with E-state index in [1.54, 1.807) is 24.1 Å². The van der Waals surface area contributed by atoms with Crippen LogP contribution in [0.25, 0.3) is 0 Å². The Balaban J connectivity index is 1.69. The molecule has 0 fully saturated rings. The second-order valence-corrected chi connectivity index (χ2v) is 6.80. The summed E-state index contributed by atoms with van der Waals surface area (Å²) in [5.74, 6) is 1.26. The molecular weight excluding hydrogens is 356 g/mol. The molecule has 0 bridgehead atoms. The van der Waals surface area contributed by atoms with Gasteiger partial charge in [-0.15, -0.1) is 0 Å². The van der Waals surface area contributed by atoms with E-state index in [1.165, 1.54) is 0 Å². The molecule has 28 heavy (non-hydrogen) atoms. The molecular formula is C22H26N2O4. The molecule has 0 saturated heterocycles. The fourth-order valence-electron chi connectivity index (χ4n) is 3.18. The second-order valence-electron chi connectivity index (χ2n) is 6.80. The third kappa shape index (κ3) is 4.82. The van der Waals surface area contributed by atoms with Crippen LogP contribution in [0, 0.1) is 0 Å². The molecule has 2 aromatic rings. The van der Waals surface area contributed by atoms with E-state index in [2.05, 4.69) is 12.2 Å². The molecule has 1 aliphatic heterocycles. The Labute approximate surface area is 165 Å². The molecule has 148 valence electrons. The van der Waals surface area contributed by atoms with Gasteiger partial charge in [-0.05, 0) is 42.3 Å². The number of fused-ring (bicyclic) bond motifs is 1. The zero-order chi connectivity index (χ0) is 19.9. The summed E-state index contributed by atoms with van der Waals surface area (Å²) >= 11 is 0. The molecule has 0 aliphatic carbocycles. The molecule has 2 amide bonds. The topological polar surface area (TPSA) is 67.9 Å². The average molecular weight is 382 g/mol. The smallest absolute Gasteiger partial charge is 0.265 e. The monoisotopic (exact) mass is 382 g/mol. The van der Waals surface area contributed by atoms with Crippen molar-refractivity contribution in [2.24, 2.45) is 0 Å². The molecule has 1 N–H and O–H groups in total. The number of carbonyl (C=O) groups excluding carboxylic acids is 2. The minimum atomic E-state index is -0.120. The van der Waals surface area contributed by atoms with Gasteiger partial charge in [-0.3, -0.25) is 9.59 Å². The summed E-state index contributed by atoms with van der Waals surface area (Å²) in [6.45, 7) is 2.85. The van der Waals surface area contributed by atoms with Crippen LogP contribution in [0.4, 0.5) is 11.4 Å². The Morgan fingerprint density at radius 3 is 2.68 bits per heavy atom. The van der Waals surface area contributed by atoms with Gasteiger partial charge in [0, 0.05) is 12.2 Å². The van der Waals surface area contributed by atoms with Gasteiger partial charge in [-0.1, -0.05) is 31.9 Å². The van der Waals surface area contributed by atoms with Crippen molar-refractivity contribution < 1.29 is 19.1 Å². The summed E-state index contributed by atoms with van der Waals surface area (Å²) in [6.07, 6.45) is 3.36. The van der Waals surface area contributed by atoms with E-state index < -0.39 is 0 Å². The molecule has 0 saturated carbocycles. The lowest BCUT2D eigenvalue weighted by Crippen LogP contribution is -2.39. The van der Waals surface area contributed by atoms with Crippen LogP contribution in [0.1, 0.15) is 31.7 Å². The summed E-state index contributed by atoms with van der Waals surface area (Å²) in [5.41, 5.74) is 2.27. The lowest BCUT2D eigenvalue weighted by atomic mass is 10.1. The number of hydrogen-bond donors (Lipinski definition) is 1. The Bertz CT molecular complexity index is 833. The normalized spacial score (nSPS) is 12.9. The summed E-state index contributed by atoms with van der Waals surface area (Å²) < 4.78 is 10.7. The van der Waals surface area contributed by atoms with Crippen molar-refractivity contribution in [2.45, 2.75) is 32.6 Å². The number of rotatable bonds is 8. The maximum atomic E-state index is 12.4. The highest BCUT2D eigenvalue weighted by Gasteiger charge is 2.25. The molecule has 1 heterocycles. The number of methoxy groups -OCH3 is 1. The quantitative estimate of drug-likeness (QED) is 0.706. The third-order valence-corrected chi connectivity index (χ3v) is 4.69. The molecule has 1 aliphatic rings. The highest BCUT2D eigenvalue weighted by molar-refractivity contribution is 5.99. The molecule has 0 radical (unpaired) electrons. The van der Waals surface area contributed by atoms with E-state index in [-0.39, 0.29) is 24.8 Å². The minimum Gasteiger partial charge on any atom is -0.497 e. The molecule has 6 nitrogen and oxygen atoms in total. The SMILES string of the molecule is CCCCCN1C(=O)COc2ccc(NC(=O)Cc3ccc(OC)cc3)cc21. The van der Waals surface area contributed by atoms with E-state index in [0.717, 1.165) is 36.3 Å². The summed E-state index contributed by atoms with van der Waals surface area (Å²) in [6, 6.07) is 12.8. The van der Waals surface area contributed by atoms with Crippen molar-refractivity contribution in [1.82, 2.24) is 0 Å². The summed E-state index contributed by atoms with van der Waals surface area (Å²) in [4.78, 5) is 26.4. The summed E-state index contributed by atoms with van der Waals surface area (Å²) in [7, 11) is 1.61. The molecule has 0 unspecified atom stereocenters. The largest absolute Gasteiger partial charge is 0.497 e. The first-order valence-electron chi connectivity index (χ1n) is 9.60. The lowest BCUT2D eigenvalue weighted by molar-refractivity contribution is -0.121. The Kier molecular flexibility index (Phi) is 6.53. The molecule has 6 heteroatoms. The minimum absolute atomic E-state index is 0.0506. The van der Waals surface area contributed by atoms with Gasteiger partial charge in [-0.25, -0.2) is 0 Å². The fraction of sp³-hybridized carbons (Fsp3) is 0.364. The third-order valence-electron chi connectivity index (χ3n) is 4.69. The van der Waals surface area contributed by atoms with Crippen molar-refractivity contribution in [3.63, 3.8) is 0 Å².